The summed E-state index contributed by atoms with van der Waals surface area (Å²) in [4.78, 5) is 0. The van der Waals surface area contributed by atoms with Gasteiger partial charge in [0.15, 0.2) is 0 Å². The largest absolute Gasteiger partial charge is 0.395 e. The molecule has 0 aromatic rings. The Morgan fingerprint density at radius 3 is 2.31 bits per heavy atom. The maximum Gasteiger partial charge on any atom is 0.0990 e. The van der Waals surface area contributed by atoms with E-state index in [9.17, 15) is 10.2 Å². The number of hydrogen-bond acceptors (Lipinski definition) is 5. The Labute approximate surface area is 76.6 Å². The van der Waals surface area contributed by atoms with Gasteiger partial charge in [0.25, 0.3) is 0 Å². The van der Waals surface area contributed by atoms with E-state index in [0.717, 1.165) is 12.8 Å². The molecule has 0 aromatic heterocycles. The second-order valence-corrected chi connectivity index (χ2v) is 4.15. The zero-order valence-corrected chi connectivity index (χ0v) is 7.35. The van der Waals surface area contributed by atoms with Crippen LogP contribution in [0.15, 0.2) is 0 Å². The van der Waals surface area contributed by atoms with E-state index < -0.39 is 18.2 Å². The highest BCUT2D eigenvalue weighted by Gasteiger charge is 2.55. The molecule has 5 heteroatoms. The van der Waals surface area contributed by atoms with Crippen molar-refractivity contribution in [1.82, 2.24) is 5.32 Å². The highest BCUT2D eigenvalue weighted by Crippen LogP contribution is 2.39. The average Bonchev–Trinajstić information content (AvgIpc) is 2.77. The molecule has 0 bridgehead atoms. The van der Waals surface area contributed by atoms with Crippen LogP contribution >= 0.6 is 0 Å². The molecule has 2 rings (SSSR count). The molecule has 1 aliphatic heterocycles. The molecule has 0 spiro atoms. The molecule has 1 heterocycles. The van der Waals surface area contributed by atoms with Crippen LogP contribution < -0.4 is 11.1 Å². The Hall–Kier alpha value is -0.200. The van der Waals surface area contributed by atoms with Crippen molar-refractivity contribution in [2.45, 2.75) is 42.7 Å². The highest BCUT2D eigenvalue weighted by molar-refractivity contribution is 5.16. The monoisotopic (exact) mass is 188 g/mol. The number of nitrogens with one attached hydrogen (secondary N) is 1. The number of hydrogen-bond donors (Lipinski definition) is 5. The predicted octanol–water partition coefficient (Wildman–Crippen LogP) is -2.47. The summed E-state index contributed by atoms with van der Waals surface area (Å²) in [5.41, 5.74) is 5.54. The molecule has 2 aliphatic rings. The van der Waals surface area contributed by atoms with Crippen LogP contribution in [0.3, 0.4) is 0 Å². The number of aliphatic hydroxyl groups is 3. The Morgan fingerprint density at radius 2 is 1.92 bits per heavy atom. The molecule has 0 aromatic carbocycles. The number of nitrogens with two attached hydrogens (primary N) is 1. The maximum absolute atomic E-state index is 9.63. The van der Waals surface area contributed by atoms with Crippen LogP contribution in [-0.2, 0) is 0 Å². The van der Waals surface area contributed by atoms with Crippen LogP contribution in [-0.4, -0.2) is 51.8 Å². The van der Waals surface area contributed by atoms with Gasteiger partial charge in [-0.25, -0.2) is 0 Å². The molecule has 76 valence electrons. The molecule has 1 aliphatic carbocycles. The molecule has 1 saturated carbocycles. The van der Waals surface area contributed by atoms with Crippen LogP contribution in [0, 0.1) is 0 Å². The third-order valence-corrected chi connectivity index (χ3v) is 3.14. The van der Waals surface area contributed by atoms with Crippen molar-refractivity contribution in [2.24, 2.45) is 5.73 Å². The first-order valence-electron chi connectivity index (χ1n) is 4.60. The van der Waals surface area contributed by atoms with Crippen molar-refractivity contribution in [2.75, 3.05) is 6.61 Å². The lowest BCUT2D eigenvalue weighted by molar-refractivity contribution is 0.0158. The lowest BCUT2D eigenvalue weighted by Gasteiger charge is -2.22. The van der Waals surface area contributed by atoms with Gasteiger partial charge in [0.2, 0.25) is 0 Å². The van der Waals surface area contributed by atoms with Crippen LogP contribution in [0.25, 0.3) is 0 Å². The highest BCUT2D eigenvalue weighted by atomic mass is 16.3. The molecule has 4 atom stereocenters. The van der Waals surface area contributed by atoms with Crippen LogP contribution in [0.2, 0.25) is 0 Å². The average molecular weight is 188 g/mol. The van der Waals surface area contributed by atoms with E-state index in [0.29, 0.717) is 0 Å². The Kier molecular flexibility index (Phi) is 2.08. The van der Waals surface area contributed by atoms with Crippen LogP contribution in [0.4, 0.5) is 0 Å². The summed E-state index contributed by atoms with van der Waals surface area (Å²) < 4.78 is 0. The van der Waals surface area contributed by atoms with Gasteiger partial charge < -0.3 is 26.4 Å². The van der Waals surface area contributed by atoms with Crippen molar-refractivity contribution in [3.05, 3.63) is 0 Å². The second kappa shape index (κ2) is 2.90. The fourth-order valence-electron chi connectivity index (χ4n) is 1.99. The van der Waals surface area contributed by atoms with E-state index in [2.05, 4.69) is 5.32 Å². The van der Waals surface area contributed by atoms with Crippen molar-refractivity contribution in [3.63, 3.8) is 0 Å². The zero-order chi connectivity index (χ0) is 9.64. The molecular formula is C8H16N2O3. The van der Waals surface area contributed by atoms with Gasteiger partial charge in [0.1, 0.15) is 0 Å². The molecule has 0 radical (unpaired) electrons. The van der Waals surface area contributed by atoms with Crippen molar-refractivity contribution in [1.29, 1.82) is 0 Å². The molecule has 4 unspecified atom stereocenters. The summed E-state index contributed by atoms with van der Waals surface area (Å²) >= 11 is 0. The van der Waals surface area contributed by atoms with Gasteiger partial charge in [-0.05, 0) is 12.8 Å². The first kappa shape index (κ1) is 9.36. The van der Waals surface area contributed by atoms with E-state index in [4.69, 9.17) is 10.8 Å². The van der Waals surface area contributed by atoms with E-state index in [1.54, 1.807) is 0 Å². The fourth-order valence-corrected chi connectivity index (χ4v) is 1.99. The Bertz CT molecular complexity index is 208. The Morgan fingerprint density at radius 1 is 1.31 bits per heavy atom. The van der Waals surface area contributed by atoms with Gasteiger partial charge in [0.05, 0.1) is 30.9 Å². The molecule has 13 heavy (non-hydrogen) atoms. The van der Waals surface area contributed by atoms with E-state index in [-0.39, 0.29) is 18.2 Å². The van der Waals surface area contributed by atoms with Crippen molar-refractivity contribution >= 4 is 0 Å². The first-order valence-corrected chi connectivity index (χ1v) is 4.60. The summed E-state index contributed by atoms with van der Waals surface area (Å²) in [5.74, 6) is 0. The quantitative estimate of drug-likeness (QED) is 0.331. The molecule has 0 amide bonds. The number of aliphatic hydroxyl groups excluding tert-OH is 3. The summed E-state index contributed by atoms with van der Waals surface area (Å²) in [6.45, 7) is -0.176. The predicted molar refractivity (Wildman–Crippen MR) is 46.0 cm³/mol. The van der Waals surface area contributed by atoms with Crippen molar-refractivity contribution in [3.8, 4) is 0 Å². The molecular weight excluding hydrogens is 172 g/mol. The third kappa shape index (κ3) is 1.37. The molecule has 6 N–H and O–H groups in total. The lowest BCUT2D eigenvalue weighted by atomic mass is 10.0. The minimum absolute atomic E-state index is 0.176. The maximum atomic E-state index is 9.63. The summed E-state index contributed by atoms with van der Waals surface area (Å²) in [6, 6.07) is -0.722. The normalized spacial score (nSPS) is 48.0. The lowest BCUT2D eigenvalue weighted by Crippen LogP contribution is -2.50. The van der Waals surface area contributed by atoms with Crippen LogP contribution in [0.5, 0.6) is 0 Å². The van der Waals surface area contributed by atoms with Crippen LogP contribution in [0.1, 0.15) is 12.8 Å². The van der Waals surface area contributed by atoms with Gasteiger partial charge in [-0.2, -0.15) is 0 Å². The van der Waals surface area contributed by atoms with Gasteiger partial charge in [0, 0.05) is 5.54 Å². The summed E-state index contributed by atoms with van der Waals surface area (Å²) in [5, 5.41) is 31.0. The van der Waals surface area contributed by atoms with Gasteiger partial charge >= 0.3 is 0 Å². The fraction of sp³-hybridized carbons (Fsp3) is 1.00. The minimum Gasteiger partial charge on any atom is -0.395 e. The van der Waals surface area contributed by atoms with E-state index >= 15 is 0 Å². The third-order valence-electron chi connectivity index (χ3n) is 3.14. The summed E-state index contributed by atoms with van der Waals surface area (Å²) in [7, 11) is 0. The van der Waals surface area contributed by atoms with E-state index in [1.165, 1.54) is 0 Å². The second-order valence-electron chi connectivity index (χ2n) is 4.15. The smallest absolute Gasteiger partial charge is 0.0990 e. The zero-order valence-electron chi connectivity index (χ0n) is 7.35. The van der Waals surface area contributed by atoms with Crippen molar-refractivity contribution < 1.29 is 15.3 Å². The SMILES string of the molecule is NC1(C2NC(CO)C(O)C2O)CC1. The summed E-state index contributed by atoms with van der Waals surface area (Å²) in [6.07, 6.45) is -0.0280. The van der Waals surface area contributed by atoms with E-state index in [1.807, 2.05) is 0 Å². The molecule has 5 nitrogen and oxygen atoms in total. The number of rotatable bonds is 2. The Balaban J connectivity index is 2.07. The van der Waals surface area contributed by atoms with Gasteiger partial charge in [-0.3, -0.25) is 0 Å². The first-order chi connectivity index (χ1) is 6.08. The molecule has 2 fully saturated rings. The topological polar surface area (TPSA) is 98.7 Å². The standard InChI is InChI=1S/C8H16N2O3/c9-8(1-2-8)7-6(13)5(12)4(3-11)10-7/h4-7,10-13H,1-3,9H2. The molecule has 1 saturated heterocycles. The minimum atomic E-state index is -0.906. The van der Waals surface area contributed by atoms with Gasteiger partial charge in [-0.15, -0.1) is 0 Å². The van der Waals surface area contributed by atoms with Gasteiger partial charge in [-0.1, -0.05) is 0 Å².